The number of aromatic nitrogens is 4. The number of rotatable bonds is 11. The van der Waals surface area contributed by atoms with E-state index in [2.05, 4.69) is 44.0 Å². The van der Waals surface area contributed by atoms with E-state index in [4.69, 9.17) is 9.47 Å². The summed E-state index contributed by atoms with van der Waals surface area (Å²) in [4.78, 5) is 8.47. The second-order valence-corrected chi connectivity index (χ2v) is 7.90. The molecule has 2 aromatic heterocycles. The molecule has 0 aliphatic carbocycles. The Hall–Kier alpha value is -2.91. The van der Waals surface area contributed by atoms with Crippen molar-refractivity contribution in [2.75, 3.05) is 18.4 Å². The lowest BCUT2D eigenvalue weighted by Gasteiger charge is -2.15. The molecule has 8 nitrogen and oxygen atoms in total. The summed E-state index contributed by atoms with van der Waals surface area (Å²) in [5.74, 6) is 1.54. The summed E-state index contributed by atoms with van der Waals surface area (Å²) in [5, 5.41) is 7.68. The van der Waals surface area contributed by atoms with E-state index in [1.165, 1.54) is 17.1 Å². The van der Waals surface area contributed by atoms with Gasteiger partial charge in [0, 0.05) is 55.9 Å². The zero-order valence-electron chi connectivity index (χ0n) is 16.9. The van der Waals surface area contributed by atoms with Crippen LogP contribution in [0.3, 0.4) is 0 Å². The predicted octanol–water partition coefficient (Wildman–Crippen LogP) is 3.35. The summed E-state index contributed by atoms with van der Waals surface area (Å²) in [6.07, 6.45) is 9.30. The van der Waals surface area contributed by atoms with Crippen molar-refractivity contribution in [3.63, 3.8) is 0 Å². The van der Waals surface area contributed by atoms with Gasteiger partial charge in [-0.25, -0.2) is 4.98 Å². The average Bonchev–Trinajstić information content (AvgIpc) is 3.51. The molecule has 1 aliphatic heterocycles. The lowest BCUT2D eigenvalue weighted by Crippen LogP contribution is -2.29. The summed E-state index contributed by atoms with van der Waals surface area (Å²) in [5.41, 5.74) is 1.21. The van der Waals surface area contributed by atoms with Gasteiger partial charge in [0.1, 0.15) is 18.3 Å². The van der Waals surface area contributed by atoms with Gasteiger partial charge < -0.3 is 20.1 Å². The molecule has 30 heavy (non-hydrogen) atoms. The first-order valence-corrected chi connectivity index (χ1v) is 10.9. The van der Waals surface area contributed by atoms with Gasteiger partial charge in [-0.05, 0) is 18.9 Å². The number of benzene rings is 1. The van der Waals surface area contributed by atoms with E-state index in [0.29, 0.717) is 12.0 Å². The molecule has 3 aromatic rings. The van der Waals surface area contributed by atoms with Crippen LogP contribution in [0.2, 0.25) is 0 Å². The molecule has 0 saturated carbocycles. The Morgan fingerprint density at radius 1 is 1.23 bits per heavy atom. The molecule has 0 fully saturated rings. The molecule has 4 rings (SSSR count). The third-order valence-corrected chi connectivity index (χ3v) is 5.41. The normalized spacial score (nSPS) is 16.6. The highest BCUT2D eigenvalue weighted by Gasteiger charge is 2.19. The fourth-order valence-electron chi connectivity index (χ4n) is 3.10. The van der Waals surface area contributed by atoms with Crippen LogP contribution < -0.4 is 10.6 Å². The van der Waals surface area contributed by atoms with E-state index in [1.54, 1.807) is 23.4 Å². The van der Waals surface area contributed by atoms with Crippen LogP contribution >= 0.6 is 11.5 Å². The van der Waals surface area contributed by atoms with Crippen LogP contribution in [0.25, 0.3) is 5.95 Å². The van der Waals surface area contributed by atoms with Gasteiger partial charge in [0.2, 0.25) is 17.4 Å². The SMILES string of the molecule is CC(CCNc1nc(-n2ccnc2)ns1)NCCC1=COC(Cc2ccccc2)O1. The van der Waals surface area contributed by atoms with Crippen molar-refractivity contribution < 1.29 is 9.47 Å². The number of hydrogen-bond donors (Lipinski definition) is 2. The first-order valence-electron chi connectivity index (χ1n) is 10.1. The molecule has 9 heteroatoms. The van der Waals surface area contributed by atoms with Crippen LogP contribution in [0.4, 0.5) is 5.13 Å². The van der Waals surface area contributed by atoms with E-state index in [0.717, 1.165) is 43.2 Å². The van der Waals surface area contributed by atoms with Gasteiger partial charge in [-0.15, -0.1) is 0 Å². The van der Waals surface area contributed by atoms with Crippen LogP contribution in [0, 0.1) is 0 Å². The maximum absolute atomic E-state index is 5.89. The van der Waals surface area contributed by atoms with Gasteiger partial charge in [-0.2, -0.15) is 9.36 Å². The number of hydrogen-bond acceptors (Lipinski definition) is 8. The number of ether oxygens (including phenoxy) is 2. The topological polar surface area (TPSA) is 86.1 Å². The summed E-state index contributed by atoms with van der Waals surface area (Å²) in [6.45, 7) is 3.85. The van der Waals surface area contributed by atoms with Crippen LogP contribution in [0.5, 0.6) is 0 Å². The maximum Gasteiger partial charge on any atom is 0.248 e. The standard InChI is InChI=1S/C21H26N6O2S/c1-16(7-9-24-21-25-20(26-30-21)27-12-11-22-15-27)23-10-8-18-14-28-19(29-18)13-17-5-3-2-4-6-17/h2-6,11-12,14-16,19,23H,7-10,13H2,1H3,(H,24,25,26). The van der Waals surface area contributed by atoms with Crippen LogP contribution in [-0.2, 0) is 15.9 Å². The van der Waals surface area contributed by atoms with Crippen molar-refractivity contribution in [2.24, 2.45) is 0 Å². The summed E-state index contributed by atoms with van der Waals surface area (Å²) < 4.78 is 17.6. The average molecular weight is 427 g/mol. The smallest absolute Gasteiger partial charge is 0.248 e. The van der Waals surface area contributed by atoms with Gasteiger partial charge in [0.15, 0.2) is 0 Å². The van der Waals surface area contributed by atoms with Crippen LogP contribution in [0.15, 0.2) is 61.1 Å². The molecule has 2 N–H and O–H groups in total. The number of imidazole rings is 1. The van der Waals surface area contributed by atoms with E-state index >= 15 is 0 Å². The molecule has 0 bridgehead atoms. The van der Waals surface area contributed by atoms with Gasteiger partial charge in [-0.1, -0.05) is 30.3 Å². The van der Waals surface area contributed by atoms with Crippen molar-refractivity contribution >= 4 is 16.7 Å². The Balaban J connectivity index is 1.09. The lowest BCUT2D eigenvalue weighted by atomic mass is 10.1. The molecular weight excluding hydrogens is 400 g/mol. The molecule has 1 aromatic carbocycles. The van der Waals surface area contributed by atoms with Crippen molar-refractivity contribution in [3.8, 4) is 5.95 Å². The Morgan fingerprint density at radius 3 is 2.97 bits per heavy atom. The Morgan fingerprint density at radius 2 is 2.13 bits per heavy atom. The van der Waals surface area contributed by atoms with Crippen molar-refractivity contribution in [2.45, 2.75) is 38.5 Å². The van der Waals surface area contributed by atoms with Gasteiger partial charge in [0.25, 0.3) is 0 Å². The zero-order chi connectivity index (χ0) is 20.6. The molecule has 0 amide bonds. The minimum absolute atomic E-state index is 0.219. The van der Waals surface area contributed by atoms with E-state index in [-0.39, 0.29) is 6.29 Å². The van der Waals surface area contributed by atoms with Crippen molar-refractivity contribution in [1.29, 1.82) is 0 Å². The fourth-order valence-corrected chi connectivity index (χ4v) is 3.69. The molecule has 0 spiro atoms. The Bertz CT molecular complexity index is 928. The maximum atomic E-state index is 5.89. The minimum Gasteiger partial charge on any atom is -0.459 e. The lowest BCUT2D eigenvalue weighted by molar-refractivity contribution is -0.0315. The van der Waals surface area contributed by atoms with E-state index in [9.17, 15) is 0 Å². The zero-order valence-corrected chi connectivity index (χ0v) is 17.7. The van der Waals surface area contributed by atoms with Gasteiger partial charge in [0.05, 0.1) is 0 Å². The predicted molar refractivity (Wildman–Crippen MR) is 116 cm³/mol. The highest BCUT2D eigenvalue weighted by Crippen LogP contribution is 2.20. The fraction of sp³-hybridized carbons (Fsp3) is 0.381. The first kappa shape index (κ1) is 20.4. The highest BCUT2D eigenvalue weighted by molar-refractivity contribution is 7.09. The summed E-state index contributed by atoms with van der Waals surface area (Å²) in [7, 11) is 0. The first-order chi connectivity index (χ1) is 14.8. The molecule has 3 heterocycles. The third-order valence-electron chi connectivity index (χ3n) is 4.75. The summed E-state index contributed by atoms with van der Waals surface area (Å²) in [6, 6.07) is 10.6. The molecule has 2 unspecified atom stereocenters. The molecule has 0 radical (unpaired) electrons. The number of nitrogens with zero attached hydrogens (tertiary/aromatic N) is 4. The van der Waals surface area contributed by atoms with E-state index in [1.807, 2.05) is 24.4 Å². The molecule has 158 valence electrons. The van der Waals surface area contributed by atoms with Crippen molar-refractivity contribution in [1.82, 2.24) is 24.2 Å². The van der Waals surface area contributed by atoms with Gasteiger partial charge in [-0.3, -0.25) is 4.57 Å². The number of nitrogens with one attached hydrogen (secondary N) is 2. The van der Waals surface area contributed by atoms with Crippen LogP contribution in [0.1, 0.15) is 25.3 Å². The Labute approximate surface area is 180 Å². The number of anilines is 1. The van der Waals surface area contributed by atoms with Crippen molar-refractivity contribution in [3.05, 3.63) is 66.6 Å². The minimum atomic E-state index is -0.219. The molecular formula is C21H26N6O2S. The quantitative estimate of drug-likeness (QED) is 0.486. The highest BCUT2D eigenvalue weighted by atomic mass is 32.1. The van der Waals surface area contributed by atoms with E-state index < -0.39 is 0 Å². The summed E-state index contributed by atoms with van der Waals surface area (Å²) >= 11 is 1.36. The molecule has 0 saturated heterocycles. The second-order valence-electron chi connectivity index (χ2n) is 7.15. The van der Waals surface area contributed by atoms with Gasteiger partial charge >= 0.3 is 0 Å². The second kappa shape index (κ2) is 10.2. The molecule has 1 aliphatic rings. The largest absolute Gasteiger partial charge is 0.459 e. The Kier molecular flexibility index (Phi) is 6.94. The van der Waals surface area contributed by atoms with Crippen LogP contribution in [-0.4, -0.2) is 44.3 Å². The monoisotopic (exact) mass is 426 g/mol. The third kappa shape index (κ3) is 5.80. The molecule has 2 atom stereocenters.